The Morgan fingerprint density at radius 3 is 2.47 bits per heavy atom. The van der Waals surface area contributed by atoms with Crippen LogP contribution in [0.1, 0.15) is 46.0 Å². The van der Waals surface area contributed by atoms with Crippen molar-refractivity contribution >= 4 is 5.78 Å². The van der Waals surface area contributed by atoms with Crippen molar-refractivity contribution in [2.75, 3.05) is 20.3 Å². The van der Waals surface area contributed by atoms with Crippen LogP contribution in [0.15, 0.2) is 0 Å². The number of nitrogens with one attached hydrogen (secondary N) is 1. The molecule has 0 spiro atoms. The molecule has 19 heavy (non-hydrogen) atoms. The molecule has 2 atom stereocenters. The Bertz CT molecular complexity index is 237. The molecule has 0 unspecified atom stereocenters. The Kier molecular flexibility index (Phi) is 11.0. The molecule has 6 heteroatoms. The van der Waals surface area contributed by atoms with Crippen molar-refractivity contribution < 1.29 is 19.8 Å². The molecule has 0 saturated carbocycles. The van der Waals surface area contributed by atoms with Crippen molar-refractivity contribution in [3.8, 4) is 0 Å². The maximum absolute atomic E-state index is 10.7. The van der Waals surface area contributed by atoms with Gasteiger partial charge in [0.2, 0.25) is 0 Å². The predicted octanol–water partition coefficient (Wildman–Crippen LogP) is 1.12. The summed E-state index contributed by atoms with van der Waals surface area (Å²) in [4.78, 5) is 10.7. The second-order valence-corrected chi connectivity index (χ2v) is 4.92. The minimum Gasteiger partial charge on any atom is -0.392 e. The summed E-state index contributed by atoms with van der Waals surface area (Å²) in [6, 6.07) is -0.326. The lowest BCUT2D eigenvalue weighted by molar-refractivity contribution is -0.159. The number of aliphatic hydroxyl groups excluding tert-OH is 1. The maximum Gasteiger partial charge on any atom is 0.129 e. The van der Waals surface area contributed by atoms with Crippen molar-refractivity contribution in [3.63, 3.8) is 0 Å². The SMILES string of the molecule is COC[C@H](NN(O)CCCCCCC(C)=O)[C@H](C)O. The normalized spacial score (nSPS) is 14.6. The van der Waals surface area contributed by atoms with E-state index in [0.717, 1.165) is 30.9 Å². The van der Waals surface area contributed by atoms with Crippen LogP contribution in [0.4, 0.5) is 0 Å². The number of hydrogen-bond acceptors (Lipinski definition) is 6. The summed E-state index contributed by atoms with van der Waals surface area (Å²) >= 11 is 0. The summed E-state index contributed by atoms with van der Waals surface area (Å²) in [5.41, 5.74) is 2.79. The summed E-state index contributed by atoms with van der Waals surface area (Å²) in [6.07, 6.45) is 3.74. The number of rotatable bonds is 12. The Labute approximate surface area is 115 Å². The number of unbranched alkanes of at least 4 members (excludes halogenated alkanes) is 3. The van der Waals surface area contributed by atoms with Crippen LogP contribution in [0.5, 0.6) is 0 Å². The molecule has 0 aromatic rings. The molecule has 0 aliphatic heterocycles. The van der Waals surface area contributed by atoms with E-state index in [1.54, 1.807) is 21.0 Å². The van der Waals surface area contributed by atoms with Crippen LogP contribution in [0.25, 0.3) is 0 Å². The van der Waals surface area contributed by atoms with Crippen molar-refractivity contribution in [1.29, 1.82) is 0 Å². The number of ketones is 1. The van der Waals surface area contributed by atoms with Crippen molar-refractivity contribution in [3.05, 3.63) is 0 Å². The van der Waals surface area contributed by atoms with Gasteiger partial charge >= 0.3 is 0 Å². The number of hydroxylamine groups is 1. The van der Waals surface area contributed by atoms with E-state index < -0.39 is 6.10 Å². The predicted molar refractivity (Wildman–Crippen MR) is 72.7 cm³/mol. The smallest absolute Gasteiger partial charge is 0.129 e. The number of Topliss-reactive ketones (excluding diaryl/α,β-unsaturated/α-hetero) is 1. The Morgan fingerprint density at radius 2 is 1.95 bits per heavy atom. The van der Waals surface area contributed by atoms with Gasteiger partial charge < -0.3 is 14.6 Å². The summed E-state index contributed by atoms with van der Waals surface area (Å²) < 4.78 is 4.95. The number of carbonyl (C=O) groups is 1. The van der Waals surface area contributed by atoms with Crippen LogP contribution < -0.4 is 5.43 Å². The van der Waals surface area contributed by atoms with Gasteiger partial charge in [-0.1, -0.05) is 12.8 Å². The maximum atomic E-state index is 10.7. The van der Waals surface area contributed by atoms with E-state index in [1.807, 2.05) is 0 Å². The molecule has 3 N–H and O–H groups in total. The number of methoxy groups -OCH3 is 1. The van der Waals surface area contributed by atoms with Crippen LogP contribution in [-0.2, 0) is 9.53 Å². The largest absolute Gasteiger partial charge is 0.392 e. The Morgan fingerprint density at radius 1 is 1.32 bits per heavy atom. The fourth-order valence-electron chi connectivity index (χ4n) is 1.71. The number of hydrogen-bond donors (Lipinski definition) is 3. The van der Waals surface area contributed by atoms with Crippen LogP contribution in [-0.4, -0.2) is 53.7 Å². The van der Waals surface area contributed by atoms with Crippen LogP contribution in [0.3, 0.4) is 0 Å². The third-order valence-electron chi connectivity index (χ3n) is 2.89. The molecule has 0 rings (SSSR count). The second kappa shape index (κ2) is 11.3. The average molecular weight is 276 g/mol. The number of ether oxygens (including phenoxy) is 1. The molecule has 0 saturated heterocycles. The van der Waals surface area contributed by atoms with Gasteiger partial charge in [-0.3, -0.25) is 5.21 Å². The number of nitrogens with zero attached hydrogens (tertiary/aromatic N) is 1. The quantitative estimate of drug-likeness (QED) is 0.366. The van der Waals surface area contributed by atoms with Gasteiger partial charge in [-0.05, 0) is 26.7 Å². The van der Waals surface area contributed by atoms with Gasteiger partial charge in [-0.2, -0.15) is 0 Å². The number of aliphatic hydroxyl groups is 1. The highest BCUT2D eigenvalue weighted by atomic mass is 16.5. The molecule has 0 amide bonds. The first kappa shape index (κ1) is 18.5. The first-order valence-electron chi connectivity index (χ1n) is 6.86. The zero-order valence-corrected chi connectivity index (χ0v) is 12.3. The highest BCUT2D eigenvalue weighted by Crippen LogP contribution is 2.04. The van der Waals surface area contributed by atoms with E-state index in [1.165, 1.54) is 0 Å². The van der Waals surface area contributed by atoms with Gasteiger partial charge in [0.1, 0.15) is 5.78 Å². The van der Waals surface area contributed by atoms with Gasteiger partial charge in [-0.15, -0.1) is 5.17 Å². The average Bonchev–Trinajstić information content (AvgIpc) is 2.32. The van der Waals surface area contributed by atoms with E-state index in [2.05, 4.69) is 5.43 Å². The molecule has 0 aromatic carbocycles. The Hall–Kier alpha value is -0.530. The molecule has 0 fully saturated rings. The third kappa shape index (κ3) is 11.0. The highest BCUT2D eigenvalue weighted by molar-refractivity contribution is 5.75. The monoisotopic (exact) mass is 276 g/mol. The summed E-state index contributed by atoms with van der Waals surface area (Å²) in [6.45, 7) is 4.05. The Balaban J connectivity index is 3.62. The summed E-state index contributed by atoms with van der Waals surface area (Å²) in [5.74, 6) is 0.227. The standard InChI is InChI=1S/C13H28N2O4/c1-11(16)8-6-4-5-7-9-15(18)14-13(10-19-3)12(2)17/h12-14,17-18H,4-10H2,1-3H3/t12-,13-/m0/s1. The van der Waals surface area contributed by atoms with E-state index in [4.69, 9.17) is 4.74 Å². The fraction of sp³-hybridized carbons (Fsp3) is 0.923. The van der Waals surface area contributed by atoms with E-state index in [9.17, 15) is 15.1 Å². The molecule has 6 nitrogen and oxygen atoms in total. The topological polar surface area (TPSA) is 82.0 Å². The molecule has 0 heterocycles. The second-order valence-electron chi connectivity index (χ2n) is 4.92. The molecule has 114 valence electrons. The molecule has 0 radical (unpaired) electrons. The molecule has 0 aromatic heterocycles. The van der Waals surface area contributed by atoms with Crippen molar-refractivity contribution in [1.82, 2.24) is 10.6 Å². The summed E-state index contributed by atoms with van der Waals surface area (Å²) in [7, 11) is 1.55. The van der Waals surface area contributed by atoms with Gasteiger partial charge in [-0.25, -0.2) is 5.43 Å². The van der Waals surface area contributed by atoms with Crippen molar-refractivity contribution in [2.24, 2.45) is 0 Å². The zero-order chi connectivity index (χ0) is 14.7. The zero-order valence-electron chi connectivity index (χ0n) is 12.3. The lowest BCUT2D eigenvalue weighted by Crippen LogP contribution is -2.50. The molecule has 0 aliphatic rings. The number of carbonyl (C=O) groups excluding carboxylic acids is 1. The lowest BCUT2D eigenvalue weighted by Gasteiger charge is -2.25. The fourth-order valence-corrected chi connectivity index (χ4v) is 1.71. The van der Waals surface area contributed by atoms with Gasteiger partial charge in [0.15, 0.2) is 0 Å². The van der Waals surface area contributed by atoms with Crippen LogP contribution in [0.2, 0.25) is 0 Å². The van der Waals surface area contributed by atoms with Gasteiger partial charge in [0.25, 0.3) is 0 Å². The molecular weight excluding hydrogens is 248 g/mol. The van der Waals surface area contributed by atoms with Crippen LogP contribution in [0, 0.1) is 0 Å². The number of hydrazine groups is 1. The third-order valence-corrected chi connectivity index (χ3v) is 2.89. The van der Waals surface area contributed by atoms with E-state index in [0.29, 0.717) is 19.6 Å². The van der Waals surface area contributed by atoms with E-state index in [-0.39, 0.29) is 11.8 Å². The molecule has 0 bridgehead atoms. The highest BCUT2D eigenvalue weighted by Gasteiger charge is 2.16. The lowest BCUT2D eigenvalue weighted by atomic mass is 10.1. The first-order valence-corrected chi connectivity index (χ1v) is 6.86. The minimum absolute atomic E-state index is 0.227. The van der Waals surface area contributed by atoms with Gasteiger partial charge in [0, 0.05) is 20.1 Å². The van der Waals surface area contributed by atoms with Crippen LogP contribution >= 0.6 is 0 Å². The van der Waals surface area contributed by atoms with E-state index >= 15 is 0 Å². The first-order chi connectivity index (χ1) is 8.97. The molecular formula is C13H28N2O4. The van der Waals surface area contributed by atoms with Gasteiger partial charge in [0.05, 0.1) is 18.8 Å². The molecule has 0 aliphatic carbocycles. The van der Waals surface area contributed by atoms with Crippen molar-refractivity contribution in [2.45, 2.75) is 58.1 Å². The summed E-state index contributed by atoms with van der Waals surface area (Å²) in [5, 5.41) is 20.1. The minimum atomic E-state index is -0.606.